The molecule has 0 aromatic heterocycles. The van der Waals surface area contributed by atoms with Gasteiger partial charge in [0, 0.05) is 5.56 Å². The van der Waals surface area contributed by atoms with Crippen LogP contribution >= 0.6 is 11.6 Å². The maximum absolute atomic E-state index is 12.0. The van der Waals surface area contributed by atoms with E-state index < -0.39 is 5.97 Å². The number of methoxy groups -OCH3 is 1. The number of aryl methyl sites for hydroxylation is 1. The zero-order valence-corrected chi connectivity index (χ0v) is 14.2. The van der Waals surface area contributed by atoms with Gasteiger partial charge >= 0.3 is 5.97 Å². The summed E-state index contributed by atoms with van der Waals surface area (Å²) in [5.74, 6) is -0.399. The molecule has 0 unspecified atom stereocenters. The summed E-state index contributed by atoms with van der Waals surface area (Å²) in [6.45, 7) is 1.90. The van der Waals surface area contributed by atoms with Crippen molar-refractivity contribution in [2.45, 2.75) is 13.3 Å². The van der Waals surface area contributed by atoms with Gasteiger partial charge in [0.1, 0.15) is 5.75 Å². The van der Waals surface area contributed by atoms with E-state index in [0.717, 1.165) is 16.7 Å². The fourth-order valence-corrected chi connectivity index (χ4v) is 3.33. The zero-order chi connectivity index (χ0) is 17.3. The third-order valence-corrected chi connectivity index (χ3v) is 4.61. The van der Waals surface area contributed by atoms with Gasteiger partial charge in [-0.25, -0.2) is 4.79 Å². The lowest BCUT2D eigenvalue weighted by Gasteiger charge is -2.13. The summed E-state index contributed by atoms with van der Waals surface area (Å²) in [5.41, 5.74) is 4.39. The van der Waals surface area contributed by atoms with Crippen molar-refractivity contribution in [2.75, 3.05) is 7.11 Å². The average molecular weight is 341 g/mol. The number of aliphatic carboxylic acids is 1. The van der Waals surface area contributed by atoms with Crippen molar-refractivity contribution >= 4 is 28.2 Å². The quantitative estimate of drug-likeness (QED) is 0.822. The molecule has 0 saturated heterocycles. The van der Waals surface area contributed by atoms with E-state index in [4.69, 9.17) is 16.3 Å². The van der Waals surface area contributed by atoms with Crippen molar-refractivity contribution in [3.05, 3.63) is 76.4 Å². The van der Waals surface area contributed by atoms with E-state index in [1.807, 2.05) is 49.4 Å². The third kappa shape index (κ3) is 2.83. The summed E-state index contributed by atoms with van der Waals surface area (Å²) < 4.78 is 5.24. The van der Waals surface area contributed by atoms with Gasteiger partial charge in [0.15, 0.2) is 0 Å². The van der Waals surface area contributed by atoms with Gasteiger partial charge in [-0.3, -0.25) is 0 Å². The molecule has 0 fully saturated rings. The molecule has 0 aliphatic heterocycles. The molecule has 0 atom stereocenters. The van der Waals surface area contributed by atoms with Gasteiger partial charge in [-0.05, 0) is 47.7 Å². The second-order valence-corrected chi connectivity index (χ2v) is 6.03. The first-order chi connectivity index (χ1) is 11.5. The van der Waals surface area contributed by atoms with Crippen LogP contribution in [0, 0.1) is 6.92 Å². The van der Waals surface area contributed by atoms with Crippen LogP contribution < -0.4 is 4.74 Å². The molecule has 0 radical (unpaired) electrons. The van der Waals surface area contributed by atoms with Crippen LogP contribution in [0.5, 0.6) is 5.75 Å². The van der Waals surface area contributed by atoms with E-state index in [1.165, 1.54) is 0 Å². The second-order valence-electron chi connectivity index (χ2n) is 5.65. The summed E-state index contributed by atoms with van der Waals surface area (Å²) in [6.07, 6.45) is 2.63. The van der Waals surface area contributed by atoms with Crippen LogP contribution in [-0.2, 0) is 11.2 Å². The molecule has 3 rings (SSSR count). The molecule has 122 valence electrons. The Morgan fingerprint density at radius 1 is 1.21 bits per heavy atom. The van der Waals surface area contributed by atoms with Crippen molar-refractivity contribution in [2.24, 2.45) is 0 Å². The summed E-state index contributed by atoms with van der Waals surface area (Å²) in [4.78, 5) is 12.0. The molecular weight excluding hydrogens is 324 g/mol. The monoisotopic (exact) mass is 340 g/mol. The first-order valence-corrected chi connectivity index (χ1v) is 7.97. The molecule has 0 spiro atoms. The number of hydrogen-bond acceptors (Lipinski definition) is 2. The first-order valence-electron chi connectivity index (χ1n) is 7.59. The number of carboxylic acid groups (broad SMARTS) is 1. The van der Waals surface area contributed by atoms with E-state index in [-0.39, 0.29) is 10.6 Å². The van der Waals surface area contributed by atoms with Crippen molar-refractivity contribution in [1.82, 2.24) is 0 Å². The van der Waals surface area contributed by atoms with Gasteiger partial charge < -0.3 is 9.84 Å². The number of carbonyl (C=O) groups is 1. The van der Waals surface area contributed by atoms with Crippen LogP contribution in [0.3, 0.4) is 0 Å². The normalized spacial score (nSPS) is 13.9. The molecule has 24 heavy (non-hydrogen) atoms. The van der Waals surface area contributed by atoms with Crippen LogP contribution in [0.1, 0.15) is 22.3 Å². The lowest BCUT2D eigenvalue weighted by atomic mass is 9.96. The molecule has 3 nitrogen and oxygen atoms in total. The summed E-state index contributed by atoms with van der Waals surface area (Å²) in [7, 11) is 1.57. The largest absolute Gasteiger partial charge is 0.497 e. The Hall–Kier alpha value is -2.52. The Balaban J connectivity index is 2.19. The third-order valence-electron chi connectivity index (χ3n) is 4.22. The molecule has 1 aliphatic rings. The van der Waals surface area contributed by atoms with Crippen LogP contribution in [0.4, 0.5) is 0 Å². The number of halogens is 1. The van der Waals surface area contributed by atoms with E-state index >= 15 is 0 Å². The summed E-state index contributed by atoms with van der Waals surface area (Å²) in [5, 5.41) is 10.0. The van der Waals surface area contributed by atoms with Crippen molar-refractivity contribution in [1.29, 1.82) is 0 Å². The average Bonchev–Trinajstić information content (AvgIpc) is 2.99. The van der Waals surface area contributed by atoms with Gasteiger partial charge in [0.2, 0.25) is 0 Å². The highest BCUT2D eigenvalue weighted by Gasteiger charge is 2.25. The minimum Gasteiger partial charge on any atom is -0.497 e. The van der Waals surface area contributed by atoms with Gasteiger partial charge in [0.05, 0.1) is 17.7 Å². The Morgan fingerprint density at radius 3 is 2.67 bits per heavy atom. The molecule has 0 bridgehead atoms. The topological polar surface area (TPSA) is 46.5 Å². The minimum atomic E-state index is -1.04. The molecule has 0 amide bonds. The van der Waals surface area contributed by atoms with Crippen molar-refractivity contribution in [3.63, 3.8) is 0 Å². The number of ether oxygens (including phenoxy) is 1. The molecular formula is C20H17ClO3. The number of hydrogen-bond donors (Lipinski definition) is 1. The Kier molecular flexibility index (Phi) is 4.45. The fraction of sp³-hybridized carbons (Fsp3) is 0.150. The van der Waals surface area contributed by atoms with E-state index in [2.05, 4.69) is 0 Å². The lowest BCUT2D eigenvalue weighted by Crippen LogP contribution is -2.05. The highest BCUT2D eigenvalue weighted by molar-refractivity contribution is 6.52. The lowest BCUT2D eigenvalue weighted by molar-refractivity contribution is -0.132. The first kappa shape index (κ1) is 16.3. The highest BCUT2D eigenvalue weighted by Crippen LogP contribution is 2.39. The number of allylic oxidation sites excluding steroid dienone is 1. The molecule has 0 heterocycles. The van der Waals surface area contributed by atoms with Crippen molar-refractivity contribution in [3.8, 4) is 5.75 Å². The molecule has 4 heteroatoms. The predicted molar refractivity (Wildman–Crippen MR) is 96.3 cm³/mol. The van der Waals surface area contributed by atoms with Crippen LogP contribution in [0.25, 0.3) is 10.6 Å². The number of carboxylic acids is 1. The Morgan fingerprint density at radius 2 is 1.96 bits per heavy atom. The van der Waals surface area contributed by atoms with Crippen LogP contribution in [0.15, 0.2) is 54.1 Å². The second kappa shape index (κ2) is 6.54. The van der Waals surface area contributed by atoms with E-state index in [0.29, 0.717) is 23.3 Å². The highest BCUT2D eigenvalue weighted by atomic mass is 35.5. The van der Waals surface area contributed by atoms with Crippen molar-refractivity contribution < 1.29 is 14.6 Å². The van der Waals surface area contributed by atoms with E-state index in [1.54, 1.807) is 13.2 Å². The smallest absolute Gasteiger partial charge is 0.337 e. The number of fused-ring (bicyclic) bond motifs is 1. The molecule has 2 aromatic rings. The van der Waals surface area contributed by atoms with Crippen LogP contribution in [-0.4, -0.2) is 18.2 Å². The number of rotatable bonds is 4. The molecule has 1 aliphatic carbocycles. The molecule has 2 aromatic carbocycles. The van der Waals surface area contributed by atoms with Gasteiger partial charge in [-0.15, -0.1) is 0 Å². The van der Waals surface area contributed by atoms with Gasteiger partial charge in [-0.1, -0.05) is 48.0 Å². The predicted octanol–water partition coefficient (Wildman–Crippen LogP) is 4.68. The fourth-order valence-electron chi connectivity index (χ4n) is 2.95. The maximum atomic E-state index is 12.0. The van der Waals surface area contributed by atoms with E-state index in [9.17, 15) is 9.90 Å². The molecule has 0 saturated carbocycles. The Bertz CT molecular complexity index is 878. The van der Waals surface area contributed by atoms with Gasteiger partial charge in [-0.2, -0.15) is 0 Å². The molecule has 1 N–H and O–H groups in total. The van der Waals surface area contributed by atoms with Gasteiger partial charge in [0.25, 0.3) is 0 Å². The maximum Gasteiger partial charge on any atom is 0.337 e. The minimum absolute atomic E-state index is 0.123. The SMILES string of the molecule is COc1ccc(C)c(C(Cl)=C(C(=O)O)C2=CCc3ccccc32)c1. The van der Waals surface area contributed by atoms with Crippen LogP contribution in [0.2, 0.25) is 0 Å². The zero-order valence-electron chi connectivity index (χ0n) is 13.5. The standard InChI is InChI=1S/C20H17ClO3/c1-12-7-9-14(24-2)11-17(12)19(21)18(20(22)23)16-10-8-13-5-3-4-6-15(13)16/h3-7,9-11H,8H2,1-2H3,(H,22,23). The Labute approximate surface area is 145 Å². The summed E-state index contributed by atoms with van der Waals surface area (Å²) in [6, 6.07) is 13.3. The number of benzene rings is 2. The summed E-state index contributed by atoms with van der Waals surface area (Å²) >= 11 is 6.55.